The highest BCUT2D eigenvalue weighted by atomic mass is 35.5. The average Bonchev–Trinajstić information content (AvgIpc) is 3.47. The van der Waals surface area contributed by atoms with Crippen molar-refractivity contribution < 1.29 is 37.4 Å². The van der Waals surface area contributed by atoms with Crippen LogP contribution in [0.2, 0.25) is 20.1 Å². The van der Waals surface area contributed by atoms with Gasteiger partial charge in [0.2, 0.25) is 6.79 Å². The molecule has 9 nitrogen and oxygen atoms in total. The first-order valence-electron chi connectivity index (χ1n) is 13.4. The first-order chi connectivity index (χ1) is 20.4. The Labute approximate surface area is 271 Å². The molecule has 3 heterocycles. The van der Waals surface area contributed by atoms with Crippen molar-refractivity contribution in [3.63, 3.8) is 0 Å². The second-order valence-electron chi connectivity index (χ2n) is 12.1. The number of rotatable bonds is 4. The maximum atomic E-state index is 14.9. The van der Waals surface area contributed by atoms with Gasteiger partial charge in [-0.05, 0) is 57.5 Å². The Morgan fingerprint density at radius 1 is 1.00 bits per heavy atom. The number of anilines is 2. The number of alkyl halides is 2. The summed E-state index contributed by atoms with van der Waals surface area (Å²) in [5.74, 6) is -7.20. The van der Waals surface area contributed by atoms with Crippen LogP contribution >= 0.6 is 46.4 Å². The van der Waals surface area contributed by atoms with E-state index in [1.54, 1.807) is 20.8 Å². The van der Waals surface area contributed by atoms with Crippen LogP contribution in [0.25, 0.3) is 0 Å². The van der Waals surface area contributed by atoms with Crippen LogP contribution in [0.3, 0.4) is 0 Å². The van der Waals surface area contributed by atoms with Gasteiger partial charge in [-0.2, -0.15) is 0 Å². The minimum Gasteiger partial charge on any atom is -0.428 e. The number of esters is 2. The summed E-state index contributed by atoms with van der Waals surface area (Å²) >= 11 is 25.2. The second-order valence-corrected chi connectivity index (χ2v) is 13.8. The van der Waals surface area contributed by atoms with Gasteiger partial charge < -0.3 is 9.47 Å². The van der Waals surface area contributed by atoms with E-state index in [-0.39, 0.29) is 43.4 Å². The number of urea groups is 1. The minimum atomic E-state index is -3.19. The standard InChI is InChI=1S/C29H27Cl4F2N3O6/c1-27(2,3)25(41)44-13-43-23(39)20-10-18-11-28(34,35)12-37(18)29(20)19-8-16(32)9-21(33)22(19)38(24(29)40)26(42)36(4)17-6-14(30)5-15(31)7-17/h5-9,18,20H,10-13H2,1-4H3. The largest absolute Gasteiger partial charge is 0.428 e. The number of halogens is 6. The van der Waals surface area contributed by atoms with E-state index >= 15 is 0 Å². The molecular weight excluding hydrogens is 666 g/mol. The molecular formula is C29H27Cl4F2N3O6. The van der Waals surface area contributed by atoms with Gasteiger partial charge in [0.25, 0.3) is 11.8 Å². The van der Waals surface area contributed by atoms with Gasteiger partial charge in [-0.3, -0.25) is 24.2 Å². The van der Waals surface area contributed by atoms with Crippen LogP contribution in [0, 0.1) is 11.3 Å². The molecule has 44 heavy (non-hydrogen) atoms. The molecule has 0 radical (unpaired) electrons. The van der Waals surface area contributed by atoms with E-state index in [4.69, 9.17) is 55.9 Å². The Morgan fingerprint density at radius 3 is 2.23 bits per heavy atom. The predicted molar refractivity (Wildman–Crippen MR) is 161 cm³/mol. The Balaban J connectivity index is 1.61. The van der Waals surface area contributed by atoms with Crippen LogP contribution in [0.1, 0.15) is 39.2 Å². The molecule has 1 spiro atoms. The highest BCUT2D eigenvalue weighted by Gasteiger charge is 2.72. The van der Waals surface area contributed by atoms with Crippen molar-refractivity contribution in [1.29, 1.82) is 0 Å². The number of carbonyl (C=O) groups excluding carboxylic acids is 4. The van der Waals surface area contributed by atoms with E-state index in [0.717, 1.165) is 9.80 Å². The van der Waals surface area contributed by atoms with Gasteiger partial charge in [0.05, 0.1) is 28.6 Å². The number of hydrogen-bond donors (Lipinski definition) is 0. The van der Waals surface area contributed by atoms with Gasteiger partial charge in [0, 0.05) is 45.8 Å². The van der Waals surface area contributed by atoms with Crippen LogP contribution in [0.5, 0.6) is 0 Å². The lowest BCUT2D eigenvalue weighted by molar-refractivity contribution is -0.178. The summed E-state index contributed by atoms with van der Waals surface area (Å²) in [5, 5.41) is 0.360. The Morgan fingerprint density at radius 2 is 1.61 bits per heavy atom. The summed E-state index contributed by atoms with van der Waals surface area (Å²) in [5.41, 5.74) is -2.91. The third-order valence-corrected chi connectivity index (χ3v) is 8.98. The third-order valence-electron chi connectivity index (χ3n) is 8.03. The Hall–Kier alpha value is -2.70. The van der Waals surface area contributed by atoms with Crippen LogP contribution < -0.4 is 9.80 Å². The fourth-order valence-electron chi connectivity index (χ4n) is 6.15. The highest BCUT2D eigenvalue weighted by molar-refractivity contribution is 6.40. The summed E-state index contributed by atoms with van der Waals surface area (Å²) in [6.07, 6.45) is -0.845. The van der Waals surface area contributed by atoms with Gasteiger partial charge in [-0.1, -0.05) is 46.4 Å². The number of amides is 3. The van der Waals surface area contributed by atoms with Crippen molar-refractivity contribution in [3.05, 3.63) is 56.0 Å². The maximum absolute atomic E-state index is 14.9. The number of carbonyl (C=O) groups is 4. The van der Waals surface area contributed by atoms with Crippen LogP contribution in [-0.4, -0.2) is 61.1 Å². The van der Waals surface area contributed by atoms with Crippen molar-refractivity contribution >= 4 is 81.7 Å². The fraction of sp³-hybridized carbons (Fsp3) is 0.448. The van der Waals surface area contributed by atoms with E-state index < -0.39 is 72.5 Å². The third kappa shape index (κ3) is 5.40. The van der Waals surface area contributed by atoms with Crippen LogP contribution in [0.15, 0.2) is 30.3 Å². The molecule has 2 aromatic carbocycles. The quantitative estimate of drug-likeness (QED) is 0.254. The van der Waals surface area contributed by atoms with E-state index in [0.29, 0.717) is 0 Å². The van der Waals surface area contributed by atoms with Crippen molar-refractivity contribution in [2.24, 2.45) is 11.3 Å². The lowest BCUT2D eigenvalue weighted by Crippen LogP contribution is -2.57. The van der Waals surface area contributed by atoms with Gasteiger partial charge in [-0.25, -0.2) is 18.5 Å². The maximum Gasteiger partial charge on any atom is 0.335 e. The van der Waals surface area contributed by atoms with E-state index in [2.05, 4.69) is 0 Å². The average molecular weight is 693 g/mol. The number of imide groups is 1. The number of fused-ring (bicyclic) bond motifs is 4. The topological polar surface area (TPSA) is 96.5 Å². The molecule has 3 amide bonds. The summed E-state index contributed by atoms with van der Waals surface area (Å²) < 4.78 is 40.1. The molecule has 0 aromatic heterocycles. The molecule has 236 valence electrons. The van der Waals surface area contributed by atoms with Crippen LogP contribution in [-0.2, 0) is 29.4 Å². The lowest BCUT2D eigenvalue weighted by atomic mass is 9.78. The summed E-state index contributed by atoms with van der Waals surface area (Å²) in [6.45, 7) is 3.19. The molecule has 2 saturated heterocycles. The molecule has 2 aromatic rings. The normalized spacial score (nSPS) is 24.0. The first-order valence-corrected chi connectivity index (χ1v) is 15.0. The molecule has 15 heteroatoms. The summed E-state index contributed by atoms with van der Waals surface area (Å²) in [6, 6.07) is 5.12. The van der Waals surface area contributed by atoms with Crippen molar-refractivity contribution in [2.45, 2.75) is 51.1 Å². The second kappa shape index (κ2) is 11.3. The SMILES string of the molecule is CN(C(=O)N1C(=O)C2(c3cc(Cl)cc(Cl)c31)C(C(=O)OCOC(=O)C(C)(C)C)CC1CC(F)(F)CN12)c1cc(Cl)cc(Cl)c1. The first kappa shape index (κ1) is 32.7. The molecule has 0 bridgehead atoms. The van der Waals surface area contributed by atoms with Gasteiger partial charge >= 0.3 is 18.0 Å². The van der Waals surface area contributed by atoms with Crippen molar-refractivity contribution in [1.82, 2.24) is 4.90 Å². The molecule has 0 N–H and O–H groups in total. The zero-order chi connectivity index (χ0) is 32.5. The molecule has 0 aliphatic carbocycles. The van der Waals surface area contributed by atoms with Gasteiger partial charge in [0.1, 0.15) is 5.54 Å². The smallest absolute Gasteiger partial charge is 0.335 e. The number of hydrogen-bond acceptors (Lipinski definition) is 7. The van der Waals surface area contributed by atoms with Crippen LogP contribution in [0.4, 0.5) is 25.0 Å². The van der Waals surface area contributed by atoms with Gasteiger partial charge in [0.15, 0.2) is 0 Å². The molecule has 3 aliphatic heterocycles. The van der Waals surface area contributed by atoms with Gasteiger partial charge in [-0.15, -0.1) is 0 Å². The van der Waals surface area contributed by atoms with Crippen molar-refractivity contribution in [2.75, 3.05) is 30.2 Å². The summed E-state index contributed by atoms with van der Waals surface area (Å²) in [4.78, 5) is 57.7. The van der Waals surface area contributed by atoms with Crippen molar-refractivity contribution in [3.8, 4) is 0 Å². The predicted octanol–water partition coefficient (Wildman–Crippen LogP) is 6.92. The molecule has 3 aliphatic rings. The summed E-state index contributed by atoms with van der Waals surface area (Å²) in [7, 11) is 1.36. The fourth-order valence-corrected chi connectivity index (χ4v) is 7.24. The molecule has 0 saturated carbocycles. The van der Waals surface area contributed by atoms with E-state index in [9.17, 15) is 28.0 Å². The number of benzene rings is 2. The molecule has 3 unspecified atom stereocenters. The Kier molecular flexibility index (Phi) is 8.38. The number of ether oxygens (including phenoxy) is 2. The zero-order valence-electron chi connectivity index (χ0n) is 23.9. The molecule has 2 fully saturated rings. The Bertz CT molecular complexity index is 1560. The monoisotopic (exact) mass is 691 g/mol. The van der Waals surface area contributed by atoms with E-state index in [1.165, 1.54) is 42.3 Å². The lowest BCUT2D eigenvalue weighted by Gasteiger charge is -2.37. The highest BCUT2D eigenvalue weighted by Crippen LogP contribution is 2.61. The van der Waals surface area contributed by atoms with E-state index in [1.807, 2.05) is 0 Å². The zero-order valence-corrected chi connectivity index (χ0v) is 27.0. The molecule has 3 atom stereocenters. The number of nitrogens with zero attached hydrogens (tertiary/aromatic N) is 3. The minimum absolute atomic E-state index is 0.000266. The molecule has 5 rings (SSSR count).